The van der Waals surface area contributed by atoms with Gasteiger partial charge in [-0.05, 0) is 48.2 Å². The van der Waals surface area contributed by atoms with Gasteiger partial charge >= 0.3 is 0 Å². The quantitative estimate of drug-likeness (QED) is 0.830. The normalized spacial score (nSPS) is 10.6. The molecule has 2 aromatic carbocycles. The Bertz CT molecular complexity index is 651. The molecule has 0 atom stereocenters. The van der Waals surface area contributed by atoms with Crippen molar-refractivity contribution in [1.29, 1.82) is 0 Å². The molecule has 2 rings (SSSR count). The highest BCUT2D eigenvalue weighted by atomic mass is 35.5. The average Bonchev–Trinajstić information content (AvgIpc) is 2.49. The van der Waals surface area contributed by atoms with Gasteiger partial charge in [0.1, 0.15) is 0 Å². The van der Waals surface area contributed by atoms with Crippen LogP contribution in [0.2, 0.25) is 5.02 Å². The lowest BCUT2D eigenvalue weighted by Crippen LogP contribution is -2.21. The molecule has 2 aromatic rings. The van der Waals surface area contributed by atoms with E-state index in [1.54, 1.807) is 0 Å². The predicted octanol–water partition coefficient (Wildman–Crippen LogP) is 4.82. The Morgan fingerprint density at radius 2 is 1.73 bits per heavy atom. The standard InChI is InChI=1S/C18H21ClN2O/c1-12(2)14-5-8-15(9-6-14)21-18(22)11-20-16-7-4-13(3)17(19)10-16/h4-10,12,20H,11H2,1-3H3,(H,21,22). The molecule has 3 nitrogen and oxygen atoms in total. The minimum atomic E-state index is -0.0889. The zero-order chi connectivity index (χ0) is 16.1. The van der Waals surface area contributed by atoms with Crippen molar-refractivity contribution in [1.82, 2.24) is 0 Å². The van der Waals surface area contributed by atoms with Crippen molar-refractivity contribution >= 4 is 28.9 Å². The molecule has 2 N–H and O–H groups in total. The predicted molar refractivity (Wildman–Crippen MR) is 93.8 cm³/mol. The van der Waals surface area contributed by atoms with Gasteiger partial charge in [0.05, 0.1) is 6.54 Å². The molecule has 0 unspecified atom stereocenters. The lowest BCUT2D eigenvalue weighted by Gasteiger charge is -2.10. The van der Waals surface area contributed by atoms with E-state index < -0.39 is 0 Å². The summed E-state index contributed by atoms with van der Waals surface area (Å²) in [5.74, 6) is 0.395. The van der Waals surface area contributed by atoms with Crippen molar-refractivity contribution in [2.45, 2.75) is 26.7 Å². The number of hydrogen-bond donors (Lipinski definition) is 2. The van der Waals surface area contributed by atoms with Crippen LogP contribution in [0.5, 0.6) is 0 Å². The van der Waals surface area contributed by atoms with E-state index in [1.807, 2.05) is 49.4 Å². The van der Waals surface area contributed by atoms with Crippen LogP contribution in [0.3, 0.4) is 0 Å². The first kappa shape index (κ1) is 16.4. The van der Waals surface area contributed by atoms with Crippen LogP contribution in [-0.2, 0) is 4.79 Å². The highest BCUT2D eigenvalue weighted by Crippen LogP contribution is 2.20. The SMILES string of the molecule is Cc1ccc(NCC(=O)Nc2ccc(C(C)C)cc2)cc1Cl. The third-order valence-electron chi connectivity index (χ3n) is 3.49. The second-order valence-corrected chi connectivity index (χ2v) is 6.05. The smallest absolute Gasteiger partial charge is 0.243 e. The molecule has 0 saturated carbocycles. The second kappa shape index (κ2) is 7.32. The minimum Gasteiger partial charge on any atom is -0.376 e. The third kappa shape index (κ3) is 4.50. The van der Waals surface area contributed by atoms with Crippen LogP contribution in [0.1, 0.15) is 30.9 Å². The van der Waals surface area contributed by atoms with Gasteiger partial charge in [-0.15, -0.1) is 0 Å². The summed E-state index contributed by atoms with van der Waals surface area (Å²) in [6.45, 7) is 6.43. The summed E-state index contributed by atoms with van der Waals surface area (Å²) in [5.41, 5.74) is 3.91. The van der Waals surface area contributed by atoms with Gasteiger partial charge in [0, 0.05) is 16.4 Å². The van der Waals surface area contributed by atoms with E-state index in [1.165, 1.54) is 5.56 Å². The van der Waals surface area contributed by atoms with Crippen molar-refractivity contribution in [3.63, 3.8) is 0 Å². The van der Waals surface area contributed by atoms with Crippen LogP contribution in [0.15, 0.2) is 42.5 Å². The van der Waals surface area contributed by atoms with Gasteiger partial charge in [0.2, 0.25) is 5.91 Å². The van der Waals surface area contributed by atoms with Crippen molar-refractivity contribution in [2.24, 2.45) is 0 Å². The fraction of sp³-hybridized carbons (Fsp3) is 0.278. The lowest BCUT2D eigenvalue weighted by atomic mass is 10.0. The number of carbonyl (C=O) groups excluding carboxylic acids is 1. The molecule has 0 aliphatic heterocycles. The molecule has 0 aromatic heterocycles. The third-order valence-corrected chi connectivity index (χ3v) is 3.89. The number of carbonyl (C=O) groups is 1. The van der Waals surface area contributed by atoms with Crippen LogP contribution < -0.4 is 10.6 Å². The summed E-state index contributed by atoms with van der Waals surface area (Å²) in [7, 11) is 0. The van der Waals surface area contributed by atoms with E-state index in [4.69, 9.17) is 11.6 Å². The Hall–Kier alpha value is -2.00. The van der Waals surface area contributed by atoms with Crippen molar-refractivity contribution in [3.05, 3.63) is 58.6 Å². The molecule has 0 radical (unpaired) electrons. The van der Waals surface area contributed by atoms with Crippen molar-refractivity contribution in [3.8, 4) is 0 Å². The summed E-state index contributed by atoms with van der Waals surface area (Å²) >= 11 is 6.06. The molecule has 22 heavy (non-hydrogen) atoms. The molecule has 0 bridgehead atoms. The number of rotatable bonds is 5. The highest BCUT2D eigenvalue weighted by molar-refractivity contribution is 6.31. The van der Waals surface area contributed by atoms with Gasteiger partial charge in [-0.1, -0.05) is 43.6 Å². The summed E-state index contributed by atoms with van der Waals surface area (Å²) < 4.78 is 0. The van der Waals surface area contributed by atoms with Gasteiger partial charge in [0.25, 0.3) is 0 Å². The summed E-state index contributed by atoms with van der Waals surface area (Å²) in [6.07, 6.45) is 0. The van der Waals surface area contributed by atoms with Gasteiger partial charge in [-0.3, -0.25) is 4.79 Å². The molecule has 0 aliphatic carbocycles. The Morgan fingerprint density at radius 3 is 2.32 bits per heavy atom. The van der Waals surface area contributed by atoms with Gasteiger partial charge in [-0.2, -0.15) is 0 Å². The number of nitrogens with one attached hydrogen (secondary N) is 2. The Morgan fingerprint density at radius 1 is 1.09 bits per heavy atom. The Kier molecular flexibility index (Phi) is 5.45. The second-order valence-electron chi connectivity index (χ2n) is 5.64. The molecular formula is C18H21ClN2O. The largest absolute Gasteiger partial charge is 0.376 e. The Balaban J connectivity index is 1.88. The summed E-state index contributed by atoms with van der Waals surface area (Å²) in [4.78, 5) is 11.9. The maximum atomic E-state index is 11.9. The molecular weight excluding hydrogens is 296 g/mol. The first-order chi connectivity index (χ1) is 10.5. The first-order valence-corrected chi connectivity index (χ1v) is 7.73. The maximum absolute atomic E-state index is 11.9. The van der Waals surface area contributed by atoms with Crippen LogP contribution in [0, 0.1) is 6.92 Å². The van der Waals surface area contributed by atoms with E-state index >= 15 is 0 Å². The summed E-state index contributed by atoms with van der Waals surface area (Å²) in [6, 6.07) is 13.6. The van der Waals surface area contributed by atoms with Gasteiger partial charge in [-0.25, -0.2) is 0 Å². The average molecular weight is 317 g/mol. The van der Waals surface area contributed by atoms with E-state index in [0.29, 0.717) is 10.9 Å². The highest BCUT2D eigenvalue weighted by Gasteiger charge is 2.04. The van der Waals surface area contributed by atoms with Crippen LogP contribution in [0.4, 0.5) is 11.4 Å². The number of amides is 1. The van der Waals surface area contributed by atoms with Crippen LogP contribution in [-0.4, -0.2) is 12.5 Å². The van der Waals surface area contributed by atoms with Gasteiger partial charge in [0.15, 0.2) is 0 Å². The first-order valence-electron chi connectivity index (χ1n) is 7.35. The van der Waals surface area contributed by atoms with E-state index in [-0.39, 0.29) is 12.5 Å². The van der Waals surface area contributed by atoms with Crippen LogP contribution >= 0.6 is 11.6 Å². The molecule has 0 heterocycles. The molecule has 4 heteroatoms. The molecule has 0 spiro atoms. The minimum absolute atomic E-state index is 0.0889. The Labute approximate surface area is 136 Å². The molecule has 0 aliphatic rings. The fourth-order valence-corrected chi connectivity index (χ4v) is 2.22. The fourth-order valence-electron chi connectivity index (χ4n) is 2.04. The molecule has 1 amide bonds. The van der Waals surface area contributed by atoms with E-state index in [9.17, 15) is 4.79 Å². The number of aryl methyl sites for hydroxylation is 1. The summed E-state index contributed by atoms with van der Waals surface area (Å²) in [5, 5.41) is 6.63. The van der Waals surface area contributed by atoms with Crippen molar-refractivity contribution < 1.29 is 4.79 Å². The number of anilines is 2. The van der Waals surface area contributed by atoms with Gasteiger partial charge < -0.3 is 10.6 Å². The van der Waals surface area contributed by atoms with Crippen LogP contribution in [0.25, 0.3) is 0 Å². The maximum Gasteiger partial charge on any atom is 0.243 e. The zero-order valence-corrected chi connectivity index (χ0v) is 13.9. The van der Waals surface area contributed by atoms with E-state index in [2.05, 4.69) is 24.5 Å². The van der Waals surface area contributed by atoms with Crippen molar-refractivity contribution in [2.75, 3.05) is 17.2 Å². The number of halogens is 1. The lowest BCUT2D eigenvalue weighted by molar-refractivity contribution is -0.114. The molecule has 116 valence electrons. The van der Waals surface area contributed by atoms with E-state index in [0.717, 1.165) is 16.9 Å². The number of benzene rings is 2. The number of hydrogen-bond acceptors (Lipinski definition) is 2. The monoisotopic (exact) mass is 316 g/mol. The molecule has 0 fully saturated rings. The topological polar surface area (TPSA) is 41.1 Å². The zero-order valence-electron chi connectivity index (χ0n) is 13.1. The molecule has 0 saturated heterocycles.